The van der Waals surface area contributed by atoms with Crippen molar-refractivity contribution in [1.82, 2.24) is 9.97 Å². The SMILES string of the molecule is CCCC(CC(=O)O)c1c(-c2cccnc2)[nH]c2ccccc12. The number of hydrogen-bond acceptors (Lipinski definition) is 2. The Morgan fingerprint density at radius 2 is 2.09 bits per heavy atom. The molecule has 0 spiro atoms. The smallest absolute Gasteiger partial charge is 0.303 e. The van der Waals surface area contributed by atoms with Gasteiger partial charge >= 0.3 is 5.97 Å². The Morgan fingerprint density at radius 1 is 1.26 bits per heavy atom. The minimum Gasteiger partial charge on any atom is -0.481 e. The molecule has 0 saturated heterocycles. The van der Waals surface area contributed by atoms with Crippen molar-refractivity contribution in [2.75, 3.05) is 0 Å². The first-order valence-corrected chi connectivity index (χ1v) is 7.93. The Bertz CT molecular complexity index is 809. The molecule has 0 aliphatic rings. The molecule has 0 aliphatic heterocycles. The minimum atomic E-state index is -0.758. The molecule has 0 amide bonds. The molecule has 1 unspecified atom stereocenters. The molecule has 4 nitrogen and oxygen atoms in total. The fourth-order valence-corrected chi connectivity index (χ4v) is 3.23. The van der Waals surface area contributed by atoms with Gasteiger partial charge in [0.2, 0.25) is 0 Å². The van der Waals surface area contributed by atoms with Crippen LogP contribution in [0.5, 0.6) is 0 Å². The average Bonchev–Trinajstić information content (AvgIpc) is 2.94. The summed E-state index contributed by atoms with van der Waals surface area (Å²) in [6.07, 6.45) is 5.50. The van der Waals surface area contributed by atoms with E-state index < -0.39 is 5.97 Å². The maximum absolute atomic E-state index is 11.3. The lowest BCUT2D eigenvalue weighted by Crippen LogP contribution is -2.07. The van der Waals surface area contributed by atoms with E-state index in [-0.39, 0.29) is 12.3 Å². The molecule has 3 rings (SSSR count). The van der Waals surface area contributed by atoms with Crippen LogP contribution < -0.4 is 0 Å². The van der Waals surface area contributed by atoms with Crippen LogP contribution in [-0.2, 0) is 4.79 Å². The lowest BCUT2D eigenvalue weighted by atomic mass is 9.88. The fourth-order valence-electron chi connectivity index (χ4n) is 3.23. The number of para-hydroxylation sites is 1. The first kappa shape index (κ1) is 15.3. The van der Waals surface area contributed by atoms with Crippen molar-refractivity contribution >= 4 is 16.9 Å². The van der Waals surface area contributed by atoms with Crippen molar-refractivity contribution in [3.8, 4) is 11.3 Å². The van der Waals surface area contributed by atoms with Crippen LogP contribution in [0.15, 0.2) is 48.8 Å². The molecule has 4 heteroatoms. The Balaban J connectivity index is 2.21. The molecule has 0 saturated carbocycles. The number of carbonyl (C=O) groups is 1. The van der Waals surface area contributed by atoms with Crippen molar-refractivity contribution < 1.29 is 9.90 Å². The van der Waals surface area contributed by atoms with Crippen LogP contribution in [-0.4, -0.2) is 21.0 Å². The summed E-state index contributed by atoms with van der Waals surface area (Å²) in [6.45, 7) is 2.09. The Kier molecular flexibility index (Phi) is 4.42. The second-order valence-corrected chi connectivity index (χ2v) is 5.78. The number of aliphatic carboxylic acids is 1. The molecule has 1 atom stereocenters. The number of nitrogens with one attached hydrogen (secondary N) is 1. The zero-order valence-electron chi connectivity index (χ0n) is 13.1. The Morgan fingerprint density at radius 3 is 2.78 bits per heavy atom. The van der Waals surface area contributed by atoms with Crippen LogP contribution in [0, 0.1) is 0 Å². The topological polar surface area (TPSA) is 66.0 Å². The molecule has 2 heterocycles. The fraction of sp³-hybridized carbons (Fsp3) is 0.263. The number of carboxylic acids is 1. The molecule has 0 bridgehead atoms. The van der Waals surface area contributed by atoms with Gasteiger partial charge in [0.25, 0.3) is 0 Å². The maximum atomic E-state index is 11.3. The summed E-state index contributed by atoms with van der Waals surface area (Å²) < 4.78 is 0. The van der Waals surface area contributed by atoms with Crippen LogP contribution in [0.3, 0.4) is 0 Å². The summed E-state index contributed by atoms with van der Waals surface area (Å²) >= 11 is 0. The zero-order valence-corrected chi connectivity index (χ0v) is 13.1. The van der Waals surface area contributed by atoms with E-state index in [0.29, 0.717) is 0 Å². The average molecular weight is 308 g/mol. The number of fused-ring (bicyclic) bond motifs is 1. The van der Waals surface area contributed by atoms with E-state index >= 15 is 0 Å². The highest BCUT2D eigenvalue weighted by Crippen LogP contribution is 2.38. The lowest BCUT2D eigenvalue weighted by molar-refractivity contribution is -0.137. The van der Waals surface area contributed by atoms with Gasteiger partial charge in [0.15, 0.2) is 0 Å². The molecule has 118 valence electrons. The molecular formula is C19H20N2O2. The molecule has 23 heavy (non-hydrogen) atoms. The van der Waals surface area contributed by atoms with Crippen LogP contribution in [0.2, 0.25) is 0 Å². The number of nitrogens with zero attached hydrogens (tertiary/aromatic N) is 1. The third kappa shape index (κ3) is 3.11. The molecule has 0 fully saturated rings. The van der Waals surface area contributed by atoms with E-state index in [1.165, 1.54) is 0 Å². The highest BCUT2D eigenvalue weighted by atomic mass is 16.4. The van der Waals surface area contributed by atoms with E-state index in [4.69, 9.17) is 0 Å². The molecule has 3 aromatic rings. The third-order valence-electron chi connectivity index (χ3n) is 4.16. The van der Waals surface area contributed by atoms with Crippen LogP contribution in [0.4, 0.5) is 0 Å². The van der Waals surface area contributed by atoms with E-state index in [2.05, 4.69) is 23.0 Å². The van der Waals surface area contributed by atoms with Gasteiger partial charge in [-0.15, -0.1) is 0 Å². The van der Waals surface area contributed by atoms with Gasteiger partial charge in [0.05, 0.1) is 12.1 Å². The number of H-pyrrole nitrogens is 1. The highest BCUT2D eigenvalue weighted by Gasteiger charge is 2.23. The summed E-state index contributed by atoms with van der Waals surface area (Å²) in [5, 5.41) is 10.4. The van der Waals surface area contributed by atoms with Gasteiger partial charge < -0.3 is 10.1 Å². The largest absolute Gasteiger partial charge is 0.481 e. The third-order valence-corrected chi connectivity index (χ3v) is 4.16. The van der Waals surface area contributed by atoms with Gasteiger partial charge in [-0.2, -0.15) is 0 Å². The molecule has 0 radical (unpaired) electrons. The van der Waals surface area contributed by atoms with Gasteiger partial charge in [-0.25, -0.2) is 0 Å². The summed E-state index contributed by atoms with van der Waals surface area (Å²) in [6, 6.07) is 12.0. The summed E-state index contributed by atoms with van der Waals surface area (Å²) in [4.78, 5) is 19.0. The summed E-state index contributed by atoms with van der Waals surface area (Å²) in [5.74, 6) is -0.769. The van der Waals surface area contributed by atoms with E-state index in [9.17, 15) is 9.90 Å². The molecule has 0 aliphatic carbocycles. The number of pyridine rings is 1. The van der Waals surface area contributed by atoms with E-state index in [0.717, 1.165) is 40.6 Å². The van der Waals surface area contributed by atoms with Crippen molar-refractivity contribution in [2.24, 2.45) is 0 Å². The number of aromatic nitrogens is 2. The highest BCUT2D eigenvalue weighted by molar-refractivity contribution is 5.91. The second-order valence-electron chi connectivity index (χ2n) is 5.78. The van der Waals surface area contributed by atoms with Crippen LogP contribution in [0.25, 0.3) is 22.2 Å². The Hall–Kier alpha value is -2.62. The quantitative estimate of drug-likeness (QED) is 0.700. The predicted octanol–water partition coefficient (Wildman–Crippen LogP) is 4.59. The standard InChI is InChI=1S/C19H20N2O2/c1-2-6-13(11-17(22)23)18-15-8-3-4-9-16(15)21-19(18)14-7-5-10-20-12-14/h3-5,7-10,12-13,21H,2,6,11H2,1H3,(H,22,23). The number of benzene rings is 1. The first-order chi connectivity index (χ1) is 11.2. The normalized spacial score (nSPS) is 12.4. The molecular weight excluding hydrogens is 288 g/mol. The van der Waals surface area contributed by atoms with Gasteiger partial charge in [0.1, 0.15) is 0 Å². The summed E-state index contributed by atoms with van der Waals surface area (Å²) in [7, 11) is 0. The number of hydrogen-bond donors (Lipinski definition) is 2. The van der Waals surface area contributed by atoms with Crippen molar-refractivity contribution in [2.45, 2.75) is 32.1 Å². The van der Waals surface area contributed by atoms with Crippen molar-refractivity contribution in [1.29, 1.82) is 0 Å². The first-order valence-electron chi connectivity index (χ1n) is 7.93. The van der Waals surface area contributed by atoms with Crippen molar-refractivity contribution in [3.63, 3.8) is 0 Å². The number of carboxylic acid groups (broad SMARTS) is 1. The van der Waals surface area contributed by atoms with Gasteiger partial charge in [-0.3, -0.25) is 9.78 Å². The van der Waals surface area contributed by atoms with E-state index in [1.54, 1.807) is 6.20 Å². The van der Waals surface area contributed by atoms with Gasteiger partial charge in [-0.1, -0.05) is 31.5 Å². The van der Waals surface area contributed by atoms with E-state index in [1.807, 2.05) is 36.5 Å². The monoisotopic (exact) mass is 308 g/mol. The summed E-state index contributed by atoms with van der Waals surface area (Å²) in [5.41, 5.74) is 4.11. The van der Waals surface area contributed by atoms with Crippen LogP contribution >= 0.6 is 0 Å². The second kappa shape index (κ2) is 6.65. The molecule has 2 aromatic heterocycles. The van der Waals surface area contributed by atoms with Gasteiger partial charge in [-0.05, 0) is 36.1 Å². The lowest BCUT2D eigenvalue weighted by Gasteiger charge is -2.16. The molecule has 1 aromatic carbocycles. The minimum absolute atomic E-state index is 0.0103. The number of rotatable bonds is 6. The number of aromatic amines is 1. The Labute approximate surface area is 135 Å². The van der Waals surface area contributed by atoms with Crippen molar-refractivity contribution in [3.05, 3.63) is 54.4 Å². The maximum Gasteiger partial charge on any atom is 0.303 e. The van der Waals surface area contributed by atoms with Gasteiger partial charge in [0, 0.05) is 28.9 Å². The predicted molar refractivity (Wildman–Crippen MR) is 91.4 cm³/mol. The zero-order chi connectivity index (χ0) is 16.2. The molecule has 2 N–H and O–H groups in total. The van der Waals surface area contributed by atoms with Crippen LogP contribution in [0.1, 0.15) is 37.7 Å².